The van der Waals surface area contributed by atoms with E-state index in [1.165, 1.54) is 13.0 Å². The second-order valence-electron chi connectivity index (χ2n) is 5.82. The van der Waals surface area contributed by atoms with Gasteiger partial charge in [0.25, 0.3) is 0 Å². The van der Waals surface area contributed by atoms with Crippen LogP contribution in [-0.4, -0.2) is 36.2 Å². The number of nitrogens with one attached hydrogen (secondary N) is 1. The summed E-state index contributed by atoms with van der Waals surface area (Å²) in [6, 6.07) is 7.14. The first-order chi connectivity index (χ1) is 12.3. The molecule has 0 aliphatic heterocycles. The van der Waals surface area contributed by atoms with Crippen molar-refractivity contribution in [1.29, 1.82) is 0 Å². The van der Waals surface area contributed by atoms with Crippen LogP contribution in [0.4, 0.5) is 0 Å². The molecule has 0 saturated heterocycles. The lowest BCUT2D eigenvalue weighted by Crippen LogP contribution is -2.14. The Morgan fingerprint density at radius 3 is 2.31 bits per heavy atom. The molecule has 0 spiro atoms. The Hall–Kier alpha value is -3.15. The first-order valence-corrected chi connectivity index (χ1v) is 8.05. The number of H-pyrrole nitrogens is 1. The molecule has 0 aliphatic carbocycles. The van der Waals surface area contributed by atoms with Crippen LogP contribution in [0.15, 0.2) is 30.3 Å². The molecule has 0 saturated carbocycles. The van der Waals surface area contributed by atoms with E-state index in [-0.39, 0.29) is 11.6 Å². The predicted octanol–water partition coefficient (Wildman–Crippen LogP) is 3.28. The number of methoxy groups -OCH3 is 1. The number of ether oxygens (including phenoxy) is 2. The molecule has 0 radical (unpaired) electrons. The highest BCUT2D eigenvalue weighted by Crippen LogP contribution is 2.19. The topological polar surface area (TPSA) is 85.5 Å². The minimum absolute atomic E-state index is 0.116. The molecule has 1 N–H and O–H groups in total. The molecule has 2 rings (SSSR count). The van der Waals surface area contributed by atoms with Crippen molar-refractivity contribution >= 4 is 23.6 Å². The number of carbonyl (C=O) groups excluding carboxylic acids is 3. The molecule has 6 heteroatoms. The molecule has 1 heterocycles. The summed E-state index contributed by atoms with van der Waals surface area (Å²) in [7, 11) is 1.58. The van der Waals surface area contributed by atoms with Gasteiger partial charge in [-0.3, -0.25) is 9.59 Å². The molecule has 0 amide bonds. The van der Waals surface area contributed by atoms with Gasteiger partial charge >= 0.3 is 5.97 Å². The molecule has 0 fully saturated rings. The third kappa shape index (κ3) is 4.47. The number of aryl methyl sites for hydroxylation is 1. The van der Waals surface area contributed by atoms with Crippen LogP contribution in [0.25, 0.3) is 6.08 Å². The summed E-state index contributed by atoms with van der Waals surface area (Å²) in [5.41, 5.74) is 2.80. The second-order valence-corrected chi connectivity index (χ2v) is 5.82. The molecule has 0 aliphatic rings. The molecule has 1 aromatic heterocycles. The molecule has 26 heavy (non-hydrogen) atoms. The van der Waals surface area contributed by atoms with Crippen LogP contribution < -0.4 is 4.74 Å². The minimum Gasteiger partial charge on any atom is -0.497 e. The van der Waals surface area contributed by atoms with Gasteiger partial charge in [-0.25, -0.2) is 4.79 Å². The minimum atomic E-state index is -0.623. The molecule has 2 aromatic rings. The van der Waals surface area contributed by atoms with Crippen molar-refractivity contribution in [2.75, 3.05) is 13.7 Å². The van der Waals surface area contributed by atoms with E-state index in [0.29, 0.717) is 22.5 Å². The lowest BCUT2D eigenvalue weighted by molar-refractivity contribution is -0.136. The highest BCUT2D eigenvalue weighted by molar-refractivity contribution is 6.04. The van der Waals surface area contributed by atoms with Crippen LogP contribution in [0.1, 0.15) is 44.6 Å². The van der Waals surface area contributed by atoms with E-state index >= 15 is 0 Å². The summed E-state index contributed by atoms with van der Waals surface area (Å²) in [5, 5.41) is 0. The number of aromatic nitrogens is 1. The molecule has 0 unspecified atom stereocenters. The number of ketones is 2. The van der Waals surface area contributed by atoms with E-state index < -0.39 is 12.6 Å². The summed E-state index contributed by atoms with van der Waals surface area (Å²) in [6.07, 6.45) is 2.84. The molecular weight excluding hydrogens is 334 g/mol. The van der Waals surface area contributed by atoms with Crippen molar-refractivity contribution in [2.24, 2.45) is 0 Å². The number of hydrogen-bond donors (Lipinski definition) is 1. The standard InChI is InChI=1S/C20H21NO5/c1-12-19(14(3)22)13(2)21-20(12)17(23)11-26-18(24)10-7-15-5-8-16(25-4)9-6-15/h5-10,21H,11H2,1-4H3. The number of rotatable bonds is 7. The smallest absolute Gasteiger partial charge is 0.331 e. The van der Waals surface area contributed by atoms with E-state index in [0.717, 1.165) is 11.3 Å². The molecule has 6 nitrogen and oxygen atoms in total. The molecular formula is C20H21NO5. The average molecular weight is 355 g/mol. The van der Waals surface area contributed by atoms with E-state index in [1.54, 1.807) is 51.3 Å². The van der Waals surface area contributed by atoms with Crippen LogP contribution in [0.2, 0.25) is 0 Å². The Labute approximate surface area is 151 Å². The van der Waals surface area contributed by atoms with Gasteiger partial charge in [0.05, 0.1) is 12.8 Å². The van der Waals surface area contributed by atoms with Gasteiger partial charge in [0.1, 0.15) is 5.75 Å². The number of aromatic amines is 1. The maximum absolute atomic E-state index is 12.2. The average Bonchev–Trinajstić information content (AvgIpc) is 2.92. The fraction of sp³-hybridized carbons (Fsp3) is 0.250. The van der Waals surface area contributed by atoms with Crippen molar-refractivity contribution < 1.29 is 23.9 Å². The third-order valence-electron chi connectivity index (χ3n) is 3.94. The van der Waals surface area contributed by atoms with Crippen LogP contribution in [-0.2, 0) is 9.53 Å². The highest BCUT2D eigenvalue weighted by Gasteiger charge is 2.20. The van der Waals surface area contributed by atoms with Crippen LogP contribution in [0.3, 0.4) is 0 Å². The summed E-state index contributed by atoms with van der Waals surface area (Å²) >= 11 is 0. The fourth-order valence-electron chi connectivity index (χ4n) is 2.69. The van der Waals surface area contributed by atoms with Crippen molar-refractivity contribution in [1.82, 2.24) is 4.98 Å². The SMILES string of the molecule is COc1ccc(C=CC(=O)OCC(=O)c2[nH]c(C)c(C(C)=O)c2C)cc1. The molecule has 0 atom stereocenters. The van der Waals surface area contributed by atoms with Crippen LogP contribution >= 0.6 is 0 Å². The van der Waals surface area contributed by atoms with Crippen LogP contribution in [0.5, 0.6) is 5.75 Å². The van der Waals surface area contributed by atoms with E-state index in [9.17, 15) is 14.4 Å². The monoisotopic (exact) mass is 355 g/mol. The summed E-state index contributed by atoms with van der Waals surface area (Å²) in [4.78, 5) is 38.5. The van der Waals surface area contributed by atoms with Gasteiger partial charge in [0.2, 0.25) is 5.78 Å². The quantitative estimate of drug-likeness (QED) is 0.468. The zero-order valence-corrected chi connectivity index (χ0v) is 15.2. The zero-order valence-electron chi connectivity index (χ0n) is 15.2. The molecule has 1 aromatic carbocycles. The Morgan fingerprint density at radius 2 is 1.77 bits per heavy atom. The van der Waals surface area contributed by atoms with Crippen molar-refractivity contribution in [2.45, 2.75) is 20.8 Å². The van der Waals surface area contributed by atoms with Gasteiger partial charge in [-0.2, -0.15) is 0 Å². The normalized spacial score (nSPS) is 10.8. The van der Waals surface area contributed by atoms with Crippen molar-refractivity contribution in [3.63, 3.8) is 0 Å². The first-order valence-electron chi connectivity index (χ1n) is 8.05. The summed E-state index contributed by atoms with van der Waals surface area (Å²) in [5.74, 6) is -0.405. The maximum Gasteiger partial charge on any atom is 0.331 e. The Bertz CT molecular complexity index is 859. The number of hydrogen-bond acceptors (Lipinski definition) is 5. The van der Waals surface area contributed by atoms with Gasteiger partial charge in [-0.05, 0) is 50.1 Å². The van der Waals surface area contributed by atoms with Crippen molar-refractivity contribution in [3.05, 3.63) is 58.4 Å². The van der Waals surface area contributed by atoms with E-state index in [2.05, 4.69) is 4.98 Å². The Morgan fingerprint density at radius 1 is 1.12 bits per heavy atom. The largest absolute Gasteiger partial charge is 0.497 e. The first kappa shape index (κ1) is 19.2. The van der Waals surface area contributed by atoms with E-state index in [1.807, 2.05) is 0 Å². The highest BCUT2D eigenvalue weighted by atomic mass is 16.5. The molecule has 136 valence electrons. The number of carbonyl (C=O) groups is 3. The number of esters is 1. The van der Waals surface area contributed by atoms with Gasteiger partial charge in [-0.15, -0.1) is 0 Å². The zero-order chi connectivity index (χ0) is 19.3. The summed E-state index contributed by atoms with van der Waals surface area (Å²) in [6.45, 7) is 4.47. The van der Waals surface area contributed by atoms with E-state index in [4.69, 9.17) is 9.47 Å². The molecule has 0 bridgehead atoms. The maximum atomic E-state index is 12.2. The number of Topliss-reactive ketones (excluding diaryl/α,β-unsaturated/α-hetero) is 2. The van der Waals surface area contributed by atoms with Crippen molar-refractivity contribution in [3.8, 4) is 5.75 Å². The summed E-state index contributed by atoms with van der Waals surface area (Å²) < 4.78 is 10.0. The van der Waals surface area contributed by atoms with Crippen LogP contribution in [0, 0.1) is 13.8 Å². The van der Waals surface area contributed by atoms with Gasteiger partial charge < -0.3 is 14.5 Å². The van der Waals surface area contributed by atoms with Gasteiger partial charge in [0, 0.05) is 17.3 Å². The second kappa shape index (κ2) is 8.29. The number of benzene rings is 1. The Balaban J connectivity index is 1.96. The lowest BCUT2D eigenvalue weighted by atomic mass is 10.1. The van der Waals surface area contributed by atoms with Gasteiger partial charge in [-0.1, -0.05) is 12.1 Å². The third-order valence-corrected chi connectivity index (χ3v) is 3.94. The predicted molar refractivity (Wildman–Crippen MR) is 97.6 cm³/mol. The Kier molecular flexibility index (Phi) is 6.11. The lowest BCUT2D eigenvalue weighted by Gasteiger charge is -2.02. The van der Waals surface area contributed by atoms with Gasteiger partial charge in [0.15, 0.2) is 12.4 Å². The fourth-order valence-corrected chi connectivity index (χ4v) is 2.69.